The predicted molar refractivity (Wildman–Crippen MR) is 238 cm³/mol. The Morgan fingerprint density at radius 3 is 1.84 bits per heavy atom. The summed E-state index contributed by atoms with van der Waals surface area (Å²) in [5, 5.41) is 0.670. The molecule has 0 unspecified atom stereocenters. The van der Waals surface area contributed by atoms with Crippen molar-refractivity contribution in [2.24, 2.45) is 0 Å². The molecule has 57 heavy (non-hydrogen) atoms. The maximum absolute atomic E-state index is 9.82. The number of hydrogen-bond acceptors (Lipinski definition) is 3. The van der Waals surface area contributed by atoms with Gasteiger partial charge in [0.1, 0.15) is 11.5 Å². The first-order chi connectivity index (χ1) is 36.2. The number of furan rings is 1. The van der Waals surface area contributed by atoms with E-state index in [1.54, 1.807) is 42.6 Å². The van der Waals surface area contributed by atoms with Gasteiger partial charge in [0, 0.05) is 44.8 Å². The molecule has 0 spiro atoms. The lowest BCUT2D eigenvalue weighted by Crippen LogP contribution is -1.92. The zero-order valence-electron chi connectivity index (χ0n) is 48.3. The molecule has 12 aromatic rings. The average Bonchev–Trinajstić information content (AvgIpc) is 3.82. The number of aromatic nitrogens is 2. The number of pyridine rings is 2. The van der Waals surface area contributed by atoms with Gasteiger partial charge in [-0.05, 0) is 72.4 Å². The Balaban J connectivity index is 1.32. The fourth-order valence-electron chi connectivity index (χ4n) is 7.86. The molecule has 264 valence electrons. The van der Waals surface area contributed by atoms with Crippen LogP contribution in [0, 0.1) is 0 Å². The summed E-state index contributed by atoms with van der Waals surface area (Å²) in [5.74, 6) is -1.13. The highest BCUT2D eigenvalue weighted by molar-refractivity contribution is 6.26. The number of rotatable bonds is 5. The fraction of sp³-hybridized carbons (Fsp3) is 0. The van der Waals surface area contributed by atoms with E-state index in [1.807, 2.05) is 36.4 Å². The van der Waals surface area contributed by atoms with Gasteiger partial charge in [-0.1, -0.05) is 169 Å². The van der Waals surface area contributed by atoms with Crippen LogP contribution < -0.4 is 0 Å². The van der Waals surface area contributed by atoms with E-state index in [9.17, 15) is 12.3 Å². The van der Waals surface area contributed by atoms with Crippen molar-refractivity contribution in [1.82, 2.24) is 9.97 Å². The molecule has 0 aliphatic rings. The normalized spacial score (nSPS) is 16.5. The Hall–Kier alpha value is -7.62. The zero-order chi connectivity index (χ0) is 54.0. The monoisotopic (exact) mass is 743 g/mol. The van der Waals surface area contributed by atoms with Gasteiger partial charge in [-0.25, -0.2) is 4.98 Å². The van der Waals surface area contributed by atoms with Crippen LogP contribution >= 0.6 is 0 Å². The van der Waals surface area contributed by atoms with Gasteiger partial charge in [-0.3, -0.25) is 4.98 Å². The first kappa shape index (κ1) is 18.3. The highest BCUT2D eigenvalue weighted by Crippen LogP contribution is 2.52. The molecule has 0 aliphatic carbocycles. The van der Waals surface area contributed by atoms with E-state index < -0.39 is 154 Å². The van der Waals surface area contributed by atoms with E-state index >= 15 is 0 Å². The third-order valence-corrected chi connectivity index (χ3v) is 10.3. The standard InChI is InChI=1S/C54H32N2O/c1-3-11-33(12-4-1)49-50(43-30-29-42(40-18-7-8-19-41(40)43)46-31-26-38-23-22-37-17-10-32-55-51(37)52(38)56-46)53(39-13-5-2-6-14-39)57-54(49)45-28-25-36-21-20-34-15-9-16-35-24-27-44(45)48(36)47(34)35/h1-32H/i1D,2D,3D,4D,5D,6D,9D,11D,12D,13D,14D,15D,16D,20D,21D,24D,25D,27D,28D. The fourth-order valence-corrected chi connectivity index (χ4v) is 7.86. The summed E-state index contributed by atoms with van der Waals surface area (Å²) in [6, 6.07) is 7.38. The SMILES string of the molecule is [2H]c1c([2H])c([2H])c(-c2oc(-c3c([2H])c([2H])c4c([2H])c([2H])c5c([2H])c([2H])c([2H])c6c([2H])c([2H])c3c4c56)c(-c3c([2H])c([2H])c([2H])c([2H])c3[2H])c2-c2ccc(-c3ccc4ccc5cccnc5c4n3)c3ccccc23)c([2H])c1[2H]. The highest BCUT2D eigenvalue weighted by atomic mass is 16.3. The van der Waals surface area contributed by atoms with Crippen molar-refractivity contribution in [1.29, 1.82) is 0 Å². The minimum atomic E-state index is -0.820. The van der Waals surface area contributed by atoms with Crippen LogP contribution in [0.5, 0.6) is 0 Å². The minimum Gasteiger partial charge on any atom is -0.455 e. The molecular formula is C54H32N2O. The third-order valence-electron chi connectivity index (χ3n) is 10.3. The quantitative estimate of drug-likeness (QED) is 0.165. The molecule has 0 amide bonds. The van der Waals surface area contributed by atoms with E-state index in [0.717, 1.165) is 10.8 Å². The van der Waals surface area contributed by atoms with Crippen LogP contribution in [-0.2, 0) is 0 Å². The van der Waals surface area contributed by atoms with Crippen molar-refractivity contribution in [2.75, 3.05) is 0 Å². The molecule has 0 fully saturated rings. The molecule has 0 N–H and O–H groups in total. The minimum absolute atomic E-state index is 0.154. The smallest absolute Gasteiger partial charge is 0.143 e. The number of nitrogens with zero attached hydrogens (tertiary/aromatic N) is 2. The first-order valence-electron chi connectivity index (χ1n) is 27.4. The summed E-state index contributed by atoms with van der Waals surface area (Å²) >= 11 is 0. The number of fused-ring (bicyclic) bond motifs is 4. The summed E-state index contributed by atoms with van der Waals surface area (Å²) in [4.78, 5) is 9.71. The lowest BCUT2D eigenvalue weighted by atomic mass is 9.86. The summed E-state index contributed by atoms with van der Waals surface area (Å²) < 4.78 is 180. The van der Waals surface area contributed by atoms with Crippen molar-refractivity contribution in [3.63, 3.8) is 0 Å². The molecule has 3 heteroatoms. The summed E-state index contributed by atoms with van der Waals surface area (Å²) in [6.07, 6.45) is 1.67. The van der Waals surface area contributed by atoms with Gasteiger partial charge in [0.2, 0.25) is 0 Å². The second kappa shape index (κ2) is 12.5. The van der Waals surface area contributed by atoms with Gasteiger partial charge < -0.3 is 4.42 Å². The molecule has 3 nitrogen and oxygen atoms in total. The molecule has 0 saturated carbocycles. The average molecular weight is 744 g/mol. The summed E-state index contributed by atoms with van der Waals surface area (Å²) in [6.45, 7) is 0. The largest absolute Gasteiger partial charge is 0.455 e. The molecule has 9 aromatic carbocycles. The van der Waals surface area contributed by atoms with Crippen LogP contribution in [0.1, 0.15) is 26.0 Å². The van der Waals surface area contributed by atoms with Crippen LogP contribution in [0.15, 0.2) is 198 Å². The van der Waals surface area contributed by atoms with Crippen molar-refractivity contribution in [2.45, 2.75) is 0 Å². The van der Waals surface area contributed by atoms with E-state index in [2.05, 4.69) is 4.98 Å². The molecule has 0 radical (unpaired) electrons. The van der Waals surface area contributed by atoms with E-state index in [0.29, 0.717) is 33.1 Å². The Labute approximate surface area is 355 Å². The maximum Gasteiger partial charge on any atom is 0.143 e. The van der Waals surface area contributed by atoms with E-state index in [4.69, 9.17) is 23.1 Å². The highest BCUT2D eigenvalue weighted by Gasteiger charge is 2.28. The molecule has 12 rings (SSSR count). The van der Waals surface area contributed by atoms with Gasteiger partial charge >= 0.3 is 0 Å². The Kier molecular flexibility index (Phi) is 4.01. The molecule has 0 aliphatic heterocycles. The van der Waals surface area contributed by atoms with Crippen LogP contribution in [-0.4, -0.2) is 9.97 Å². The van der Waals surface area contributed by atoms with Gasteiger partial charge in [-0.15, -0.1) is 0 Å². The zero-order valence-corrected chi connectivity index (χ0v) is 29.3. The second-order valence-electron chi connectivity index (χ2n) is 13.4. The predicted octanol–water partition coefficient (Wildman–Crippen LogP) is 14.8. The van der Waals surface area contributed by atoms with Crippen LogP contribution in [0.3, 0.4) is 0 Å². The lowest BCUT2D eigenvalue weighted by Gasteiger charge is -2.15. The van der Waals surface area contributed by atoms with Gasteiger partial charge in [0.15, 0.2) is 0 Å². The van der Waals surface area contributed by atoms with Crippen LogP contribution in [0.2, 0.25) is 0 Å². The van der Waals surface area contributed by atoms with Crippen LogP contribution in [0.4, 0.5) is 0 Å². The van der Waals surface area contributed by atoms with E-state index in [1.165, 1.54) is 0 Å². The van der Waals surface area contributed by atoms with Crippen LogP contribution in [0.25, 0.3) is 121 Å². The molecule has 0 atom stereocenters. The lowest BCUT2D eigenvalue weighted by molar-refractivity contribution is 0.599. The van der Waals surface area contributed by atoms with Crippen molar-refractivity contribution in [3.8, 4) is 56.2 Å². The number of benzene rings is 9. The van der Waals surface area contributed by atoms with Gasteiger partial charge in [-0.2, -0.15) is 0 Å². The van der Waals surface area contributed by atoms with Crippen molar-refractivity contribution >= 4 is 64.9 Å². The Morgan fingerprint density at radius 2 is 1.05 bits per heavy atom. The Morgan fingerprint density at radius 1 is 0.404 bits per heavy atom. The second-order valence-corrected chi connectivity index (χ2v) is 13.4. The summed E-state index contributed by atoms with van der Waals surface area (Å²) in [5.41, 5.74) is 0.257. The molecule has 3 heterocycles. The van der Waals surface area contributed by atoms with Crippen molar-refractivity contribution < 1.29 is 30.5 Å². The topological polar surface area (TPSA) is 38.9 Å². The van der Waals surface area contributed by atoms with E-state index in [-0.39, 0.29) is 38.1 Å². The Bertz CT molecular complexity index is 4570. The third kappa shape index (κ3) is 4.86. The van der Waals surface area contributed by atoms with Gasteiger partial charge in [0.05, 0.1) is 42.8 Å². The van der Waals surface area contributed by atoms with Crippen molar-refractivity contribution in [3.05, 3.63) is 194 Å². The molecule has 0 bridgehead atoms. The number of hydrogen-bond donors (Lipinski definition) is 0. The van der Waals surface area contributed by atoms with Gasteiger partial charge in [0.25, 0.3) is 0 Å². The molecule has 3 aromatic heterocycles. The summed E-state index contributed by atoms with van der Waals surface area (Å²) in [7, 11) is 0. The maximum atomic E-state index is 9.82. The first-order valence-corrected chi connectivity index (χ1v) is 17.9. The molecule has 0 saturated heterocycles. The molecular weight excluding hydrogens is 693 g/mol.